The number of amides is 1. The van der Waals surface area contributed by atoms with Gasteiger partial charge in [-0.15, -0.1) is 0 Å². The van der Waals surface area contributed by atoms with Crippen molar-refractivity contribution in [2.75, 3.05) is 32.8 Å². The predicted octanol–water partition coefficient (Wildman–Crippen LogP) is 1.61. The summed E-state index contributed by atoms with van der Waals surface area (Å²) in [5, 5.41) is 12.8. The van der Waals surface area contributed by atoms with E-state index in [0.717, 1.165) is 31.8 Å². The Morgan fingerprint density at radius 2 is 2.15 bits per heavy atom. The summed E-state index contributed by atoms with van der Waals surface area (Å²) in [6.45, 7) is 4.94. The summed E-state index contributed by atoms with van der Waals surface area (Å²) >= 11 is 0. The predicted molar refractivity (Wildman–Crippen MR) is 77.5 cm³/mol. The van der Waals surface area contributed by atoms with Crippen LogP contribution in [0.4, 0.5) is 4.79 Å². The van der Waals surface area contributed by atoms with Crippen LogP contribution in [0.5, 0.6) is 0 Å². The van der Waals surface area contributed by atoms with Crippen molar-refractivity contribution in [3.8, 4) is 0 Å². The lowest BCUT2D eigenvalue weighted by molar-refractivity contribution is 0.0721. The number of rotatable bonds is 6. The van der Waals surface area contributed by atoms with Gasteiger partial charge in [0, 0.05) is 25.7 Å². The number of carbonyl (C=O) groups is 1. The molecule has 2 atom stereocenters. The Hall–Kier alpha value is -0.810. The molecule has 2 aliphatic rings. The molecule has 1 heterocycles. The van der Waals surface area contributed by atoms with Crippen LogP contribution in [0.25, 0.3) is 0 Å². The molecule has 116 valence electrons. The number of carbonyl (C=O) groups excluding carboxylic acids is 1. The fourth-order valence-corrected chi connectivity index (χ4v) is 3.14. The maximum atomic E-state index is 11.9. The zero-order valence-electron chi connectivity index (χ0n) is 12.5. The van der Waals surface area contributed by atoms with E-state index in [1.165, 1.54) is 19.3 Å². The fourth-order valence-electron chi connectivity index (χ4n) is 3.14. The molecule has 5 heteroatoms. The van der Waals surface area contributed by atoms with Crippen LogP contribution in [0.1, 0.15) is 39.0 Å². The van der Waals surface area contributed by atoms with Crippen LogP contribution in [0, 0.1) is 11.8 Å². The van der Waals surface area contributed by atoms with Gasteiger partial charge in [0.05, 0.1) is 6.61 Å². The normalized spacial score (nSPS) is 27.2. The summed E-state index contributed by atoms with van der Waals surface area (Å²) < 4.78 is 5.11. The van der Waals surface area contributed by atoms with E-state index >= 15 is 0 Å². The van der Waals surface area contributed by atoms with Gasteiger partial charge in [-0.1, -0.05) is 6.42 Å². The third-order valence-electron chi connectivity index (χ3n) is 4.52. The van der Waals surface area contributed by atoms with E-state index in [1.54, 1.807) is 4.90 Å². The molecule has 2 N–H and O–H groups in total. The minimum Gasteiger partial charge on any atom is -0.450 e. The van der Waals surface area contributed by atoms with Gasteiger partial charge in [-0.2, -0.15) is 0 Å². The van der Waals surface area contributed by atoms with E-state index in [2.05, 4.69) is 5.32 Å². The van der Waals surface area contributed by atoms with Crippen molar-refractivity contribution in [3.63, 3.8) is 0 Å². The lowest BCUT2D eigenvalue weighted by Crippen LogP contribution is -2.52. The van der Waals surface area contributed by atoms with E-state index < -0.39 is 0 Å². The van der Waals surface area contributed by atoms with Gasteiger partial charge >= 0.3 is 6.09 Å². The summed E-state index contributed by atoms with van der Waals surface area (Å²) in [5.74, 6) is 1.20. The Morgan fingerprint density at radius 3 is 2.75 bits per heavy atom. The fraction of sp³-hybridized carbons (Fsp3) is 0.933. The molecule has 1 amide bonds. The number of hydrogen-bond acceptors (Lipinski definition) is 4. The van der Waals surface area contributed by atoms with Crippen LogP contribution in [0.2, 0.25) is 0 Å². The van der Waals surface area contributed by atoms with Gasteiger partial charge in [-0.25, -0.2) is 4.79 Å². The third-order valence-corrected chi connectivity index (χ3v) is 4.52. The Bertz CT molecular complexity index is 307. The largest absolute Gasteiger partial charge is 0.450 e. The number of ether oxygens (including phenoxy) is 1. The molecule has 0 bridgehead atoms. The average Bonchev–Trinajstić information content (AvgIpc) is 2.37. The molecule has 0 radical (unpaired) electrons. The van der Waals surface area contributed by atoms with Gasteiger partial charge in [0.15, 0.2) is 0 Å². The first-order valence-electron chi connectivity index (χ1n) is 7.98. The van der Waals surface area contributed by atoms with Crippen LogP contribution in [-0.4, -0.2) is 55.0 Å². The smallest absolute Gasteiger partial charge is 0.409 e. The molecule has 2 fully saturated rings. The second kappa shape index (κ2) is 7.84. The highest BCUT2D eigenvalue weighted by Crippen LogP contribution is 2.26. The Kier molecular flexibility index (Phi) is 6.10. The SMILES string of the molecule is CCOC(=O)N1CC(CCO)CC(NCC2CCC2)C1. The molecule has 2 unspecified atom stereocenters. The van der Waals surface area contributed by atoms with E-state index in [0.29, 0.717) is 25.1 Å². The number of hydrogen-bond donors (Lipinski definition) is 2. The van der Waals surface area contributed by atoms with Gasteiger partial charge in [-0.05, 0) is 51.0 Å². The number of nitrogens with one attached hydrogen (secondary N) is 1. The molecule has 20 heavy (non-hydrogen) atoms. The minimum absolute atomic E-state index is 0.191. The van der Waals surface area contributed by atoms with Crippen molar-refractivity contribution in [2.24, 2.45) is 11.8 Å². The lowest BCUT2D eigenvalue weighted by atomic mass is 9.85. The van der Waals surface area contributed by atoms with Gasteiger partial charge in [-0.3, -0.25) is 0 Å². The highest BCUT2D eigenvalue weighted by molar-refractivity contribution is 5.67. The molecule has 1 saturated heterocycles. The zero-order chi connectivity index (χ0) is 14.4. The summed E-state index contributed by atoms with van der Waals surface area (Å²) in [7, 11) is 0. The second-order valence-corrected chi connectivity index (χ2v) is 6.12. The summed E-state index contributed by atoms with van der Waals surface area (Å²) in [6.07, 6.45) is 5.62. The highest BCUT2D eigenvalue weighted by atomic mass is 16.6. The lowest BCUT2D eigenvalue weighted by Gasteiger charge is -2.38. The highest BCUT2D eigenvalue weighted by Gasteiger charge is 2.31. The molecule has 0 aromatic heterocycles. The Balaban J connectivity index is 1.83. The van der Waals surface area contributed by atoms with Crippen molar-refractivity contribution >= 4 is 6.09 Å². The maximum Gasteiger partial charge on any atom is 0.409 e. The quantitative estimate of drug-likeness (QED) is 0.778. The van der Waals surface area contributed by atoms with Gasteiger partial charge in [0.1, 0.15) is 0 Å². The summed E-state index contributed by atoms with van der Waals surface area (Å²) in [4.78, 5) is 13.7. The van der Waals surface area contributed by atoms with Crippen molar-refractivity contribution in [1.82, 2.24) is 10.2 Å². The first-order chi connectivity index (χ1) is 9.72. The van der Waals surface area contributed by atoms with Gasteiger partial charge in [0.25, 0.3) is 0 Å². The standard InChI is InChI=1S/C15H28N2O3/c1-2-20-15(19)17-10-13(6-7-18)8-14(11-17)16-9-12-4-3-5-12/h12-14,16,18H,2-11H2,1H3. The molecule has 2 rings (SSSR count). The number of aliphatic hydroxyl groups is 1. The molecule has 0 aromatic carbocycles. The number of nitrogens with zero attached hydrogens (tertiary/aromatic N) is 1. The maximum absolute atomic E-state index is 11.9. The van der Waals surface area contributed by atoms with Crippen molar-refractivity contribution in [1.29, 1.82) is 0 Å². The average molecular weight is 284 g/mol. The van der Waals surface area contributed by atoms with Crippen molar-refractivity contribution in [2.45, 2.75) is 45.1 Å². The van der Waals surface area contributed by atoms with Crippen LogP contribution in [0.3, 0.4) is 0 Å². The topological polar surface area (TPSA) is 61.8 Å². The summed E-state index contributed by atoms with van der Waals surface area (Å²) in [5.41, 5.74) is 0. The minimum atomic E-state index is -0.217. The van der Waals surface area contributed by atoms with Gasteiger partial charge in [0.2, 0.25) is 0 Å². The molecule has 1 aliphatic carbocycles. The van der Waals surface area contributed by atoms with E-state index in [4.69, 9.17) is 9.84 Å². The number of aliphatic hydroxyl groups excluding tert-OH is 1. The first kappa shape index (κ1) is 15.6. The van der Waals surface area contributed by atoms with E-state index in [-0.39, 0.29) is 12.7 Å². The summed E-state index contributed by atoms with van der Waals surface area (Å²) in [6, 6.07) is 0.338. The monoisotopic (exact) mass is 284 g/mol. The zero-order valence-corrected chi connectivity index (χ0v) is 12.5. The van der Waals surface area contributed by atoms with Crippen molar-refractivity contribution < 1.29 is 14.6 Å². The Labute approximate surface area is 121 Å². The third kappa shape index (κ3) is 4.35. The molecule has 1 aliphatic heterocycles. The first-order valence-corrected chi connectivity index (χ1v) is 7.98. The molecular formula is C15H28N2O3. The van der Waals surface area contributed by atoms with Crippen LogP contribution in [-0.2, 0) is 4.74 Å². The number of piperidine rings is 1. The molecule has 0 spiro atoms. The van der Waals surface area contributed by atoms with Crippen molar-refractivity contribution in [3.05, 3.63) is 0 Å². The second-order valence-electron chi connectivity index (χ2n) is 6.12. The van der Waals surface area contributed by atoms with Crippen LogP contribution >= 0.6 is 0 Å². The number of likely N-dealkylation sites (tertiary alicyclic amines) is 1. The molecule has 0 aromatic rings. The Morgan fingerprint density at radius 1 is 1.35 bits per heavy atom. The molecular weight excluding hydrogens is 256 g/mol. The van der Waals surface area contributed by atoms with Crippen LogP contribution < -0.4 is 5.32 Å². The molecule has 5 nitrogen and oxygen atoms in total. The van der Waals surface area contributed by atoms with E-state index in [1.807, 2.05) is 6.92 Å². The van der Waals surface area contributed by atoms with Gasteiger partial charge < -0.3 is 20.1 Å². The van der Waals surface area contributed by atoms with Crippen LogP contribution in [0.15, 0.2) is 0 Å². The molecule has 1 saturated carbocycles. The van der Waals surface area contributed by atoms with E-state index in [9.17, 15) is 4.79 Å².